The summed E-state index contributed by atoms with van der Waals surface area (Å²) in [5, 5.41) is 4.07. The van der Waals surface area contributed by atoms with E-state index in [1.165, 1.54) is 0 Å². The molecule has 1 aliphatic rings. The minimum absolute atomic E-state index is 0.237. The monoisotopic (exact) mass is 246 g/mol. The fraction of sp³-hybridized carbons (Fsp3) is 0.909. The van der Waals surface area contributed by atoms with Gasteiger partial charge in [-0.25, -0.2) is 0 Å². The molecule has 0 aromatic heterocycles. The van der Waals surface area contributed by atoms with E-state index < -0.39 is 0 Å². The van der Waals surface area contributed by atoms with Crippen LogP contribution in [0.25, 0.3) is 0 Å². The van der Waals surface area contributed by atoms with Gasteiger partial charge in [0.2, 0.25) is 0 Å². The van der Waals surface area contributed by atoms with Gasteiger partial charge in [0.1, 0.15) is 0 Å². The maximum atomic E-state index is 5.67. The zero-order valence-electron chi connectivity index (χ0n) is 10.5. The number of nitrogens with one attached hydrogen (secondary N) is 1. The summed E-state index contributed by atoms with van der Waals surface area (Å²) in [6, 6.07) is 0.242. The van der Waals surface area contributed by atoms with Gasteiger partial charge in [-0.3, -0.25) is 0 Å². The molecule has 0 radical (unpaired) electrons. The third-order valence-electron chi connectivity index (χ3n) is 2.49. The standard InChI is InChI=1S/C11H22N2O2S/c1-8(7-14-4)12-11(16)13-5-9(2)15-10(3)6-13/h8-10H,5-7H2,1-4H3,(H,12,16)/t8?,9-,10+. The maximum absolute atomic E-state index is 5.67. The van der Waals surface area contributed by atoms with Crippen molar-refractivity contribution in [3.05, 3.63) is 0 Å². The molecule has 0 aromatic rings. The number of nitrogens with zero attached hydrogens (tertiary/aromatic N) is 1. The Kier molecular flexibility index (Phi) is 5.44. The number of morpholine rings is 1. The molecule has 1 N–H and O–H groups in total. The highest BCUT2D eigenvalue weighted by Crippen LogP contribution is 2.10. The van der Waals surface area contributed by atoms with Crippen LogP contribution in [0.3, 0.4) is 0 Å². The molecule has 1 aliphatic heterocycles. The van der Waals surface area contributed by atoms with Crippen molar-refractivity contribution in [2.45, 2.75) is 39.0 Å². The van der Waals surface area contributed by atoms with Crippen LogP contribution in [-0.4, -0.2) is 55.1 Å². The lowest BCUT2D eigenvalue weighted by atomic mass is 10.2. The lowest BCUT2D eigenvalue weighted by Crippen LogP contribution is -2.53. The van der Waals surface area contributed by atoms with Gasteiger partial charge in [-0.05, 0) is 33.0 Å². The second-order valence-electron chi connectivity index (χ2n) is 4.47. The van der Waals surface area contributed by atoms with Crippen molar-refractivity contribution in [1.82, 2.24) is 10.2 Å². The van der Waals surface area contributed by atoms with Crippen molar-refractivity contribution in [2.75, 3.05) is 26.8 Å². The first kappa shape index (κ1) is 13.7. The van der Waals surface area contributed by atoms with Gasteiger partial charge in [0.25, 0.3) is 0 Å². The van der Waals surface area contributed by atoms with Crippen LogP contribution in [0.5, 0.6) is 0 Å². The number of methoxy groups -OCH3 is 1. The Hall–Kier alpha value is -0.390. The summed E-state index contributed by atoms with van der Waals surface area (Å²) in [4.78, 5) is 2.17. The van der Waals surface area contributed by atoms with Crippen LogP contribution in [-0.2, 0) is 9.47 Å². The minimum Gasteiger partial charge on any atom is -0.383 e. The molecule has 1 rings (SSSR count). The SMILES string of the molecule is COCC(C)NC(=S)N1C[C@@H](C)O[C@@H](C)C1. The predicted molar refractivity (Wildman–Crippen MR) is 68.7 cm³/mol. The van der Waals surface area contributed by atoms with E-state index in [0.29, 0.717) is 6.61 Å². The molecule has 94 valence electrons. The fourth-order valence-corrected chi connectivity index (χ4v) is 2.29. The van der Waals surface area contributed by atoms with Crippen molar-refractivity contribution < 1.29 is 9.47 Å². The Balaban J connectivity index is 2.40. The molecule has 0 amide bonds. The highest BCUT2D eigenvalue weighted by atomic mass is 32.1. The van der Waals surface area contributed by atoms with Gasteiger partial charge >= 0.3 is 0 Å². The molecule has 5 heteroatoms. The zero-order chi connectivity index (χ0) is 12.1. The fourth-order valence-electron chi connectivity index (χ4n) is 1.94. The van der Waals surface area contributed by atoms with E-state index in [1.807, 2.05) is 0 Å². The average molecular weight is 246 g/mol. The number of thiocarbonyl (C=S) groups is 1. The summed E-state index contributed by atoms with van der Waals surface area (Å²) < 4.78 is 10.7. The van der Waals surface area contributed by atoms with Crippen LogP contribution >= 0.6 is 12.2 Å². The van der Waals surface area contributed by atoms with Crippen molar-refractivity contribution in [2.24, 2.45) is 0 Å². The van der Waals surface area contributed by atoms with Crippen LogP contribution in [0.1, 0.15) is 20.8 Å². The smallest absolute Gasteiger partial charge is 0.169 e. The zero-order valence-corrected chi connectivity index (χ0v) is 11.3. The first-order valence-corrected chi connectivity index (χ1v) is 6.13. The molecule has 1 heterocycles. The number of ether oxygens (including phenoxy) is 2. The van der Waals surface area contributed by atoms with Crippen LogP contribution in [0.2, 0.25) is 0 Å². The van der Waals surface area contributed by atoms with Gasteiger partial charge < -0.3 is 19.7 Å². The van der Waals surface area contributed by atoms with Gasteiger partial charge in [-0.2, -0.15) is 0 Å². The Labute approximate surface area is 103 Å². The molecule has 0 spiro atoms. The lowest BCUT2D eigenvalue weighted by Gasteiger charge is -2.37. The highest BCUT2D eigenvalue weighted by molar-refractivity contribution is 7.80. The molecule has 1 fully saturated rings. The van der Waals surface area contributed by atoms with Crippen LogP contribution in [0.4, 0.5) is 0 Å². The molecular weight excluding hydrogens is 224 g/mol. The number of rotatable bonds is 3. The van der Waals surface area contributed by atoms with Crippen LogP contribution < -0.4 is 5.32 Å². The number of hydrogen-bond acceptors (Lipinski definition) is 3. The molecule has 0 aliphatic carbocycles. The molecule has 1 saturated heterocycles. The molecule has 4 nitrogen and oxygen atoms in total. The van der Waals surface area contributed by atoms with Crippen molar-refractivity contribution in [3.8, 4) is 0 Å². The average Bonchev–Trinajstić information content (AvgIpc) is 2.16. The molecular formula is C11H22N2O2S. The second kappa shape index (κ2) is 6.37. The molecule has 0 bridgehead atoms. The minimum atomic E-state index is 0.237. The van der Waals surface area contributed by atoms with E-state index in [2.05, 4.69) is 31.0 Å². The first-order valence-electron chi connectivity index (χ1n) is 5.72. The Morgan fingerprint density at radius 1 is 1.50 bits per heavy atom. The summed E-state index contributed by atoms with van der Waals surface area (Å²) in [6.45, 7) is 8.58. The van der Waals surface area contributed by atoms with E-state index in [9.17, 15) is 0 Å². The van der Waals surface area contributed by atoms with E-state index in [1.54, 1.807) is 7.11 Å². The van der Waals surface area contributed by atoms with Crippen molar-refractivity contribution >= 4 is 17.3 Å². The largest absolute Gasteiger partial charge is 0.383 e. The van der Waals surface area contributed by atoms with Crippen molar-refractivity contribution in [1.29, 1.82) is 0 Å². The van der Waals surface area contributed by atoms with E-state index >= 15 is 0 Å². The third kappa shape index (κ3) is 4.23. The second-order valence-corrected chi connectivity index (χ2v) is 4.85. The summed E-state index contributed by atoms with van der Waals surface area (Å²) in [5.74, 6) is 0. The molecule has 0 saturated carbocycles. The van der Waals surface area contributed by atoms with Crippen LogP contribution in [0.15, 0.2) is 0 Å². The first-order chi connectivity index (χ1) is 7.52. The Morgan fingerprint density at radius 2 is 2.06 bits per heavy atom. The summed E-state index contributed by atoms with van der Waals surface area (Å²) in [5.41, 5.74) is 0. The van der Waals surface area contributed by atoms with Gasteiger partial charge in [0.15, 0.2) is 5.11 Å². The van der Waals surface area contributed by atoms with Gasteiger partial charge in [0.05, 0.1) is 18.8 Å². The van der Waals surface area contributed by atoms with Crippen LogP contribution in [0, 0.1) is 0 Å². The maximum Gasteiger partial charge on any atom is 0.169 e. The topological polar surface area (TPSA) is 33.7 Å². The third-order valence-corrected chi connectivity index (χ3v) is 2.87. The molecule has 0 aromatic carbocycles. The Bertz CT molecular complexity index is 228. The normalized spacial score (nSPS) is 27.6. The number of hydrogen-bond donors (Lipinski definition) is 1. The summed E-state index contributed by atoms with van der Waals surface area (Å²) >= 11 is 5.37. The van der Waals surface area contributed by atoms with E-state index in [-0.39, 0.29) is 18.2 Å². The van der Waals surface area contributed by atoms with E-state index in [0.717, 1.165) is 18.2 Å². The van der Waals surface area contributed by atoms with E-state index in [4.69, 9.17) is 21.7 Å². The Morgan fingerprint density at radius 3 is 2.56 bits per heavy atom. The molecule has 16 heavy (non-hydrogen) atoms. The lowest BCUT2D eigenvalue weighted by molar-refractivity contribution is -0.0484. The van der Waals surface area contributed by atoms with Crippen molar-refractivity contribution in [3.63, 3.8) is 0 Å². The predicted octanol–water partition coefficient (Wildman–Crippen LogP) is 1.01. The van der Waals surface area contributed by atoms with Gasteiger partial charge in [-0.1, -0.05) is 0 Å². The quantitative estimate of drug-likeness (QED) is 0.752. The van der Waals surface area contributed by atoms with Gasteiger partial charge in [0, 0.05) is 26.2 Å². The molecule has 1 unspecified atom stereocenters. The summed E-state index contributed by atoms with van der Waals surface area (Å²) in [6.07, 6.45) is 0.475. The summed E-state index contributed by atoms with van der Waals surface area (Å²) in [7, 11) is 1.69. The molecule has 3 atom stereocenters. The highest BCUT2D eigenvalue weighted by Gasteiger charge is 2.24. The van der Waals surface area contributed by atoms with Gasteiger partial charge in [-0.15, -0.1) is 0 Å².